The molecule has 1 aromatic rings. The SMILES string of the molecule is CS(=O)(=O)N(c1ccc(OCCN=C(N)N2CCCCC2)cc1)S(C)(=O)=O. The Morgan fingerprint density at radius 2 is 1.63 bits per heavy atom. The van der Waals surface area contributed by atoms with Crippen LogP contribution in [-0.2, 0) is 20.0 Å². The number of hydrogen-bond acceptors (Lipinski definition) is 6. The Morgan fingerprint density at radius 3 is 2.15 bits per heavy atom. The van der Waals surface area contributed by atoms with Crippen LogP contribution in [0.25, 0.3) is 0 Å². The number of anilines is 1. The molecule has 0 aliphatic carbocycles. The fourth-order valence-electron chi connectivity index (χ4n) is 2.84. The van der Waals surface area contributed by atoms with Crippen LogP contribution < -0.4 is 14.2 Å². The van der Waals surface area contributed by atoms with E-state index in [0.29, 0.717) is 28.6 Å². The first-order valence-corrected chi connectivity index (χ1v) is 12.3. The summed E-state index contributed by atoms with van der Waals surface area (Å²) in [5.74, 6) is 0.998. The van der Waals surface area contributed by atoms with Gasteiger partial charge in [0.2, 0.25) is 20.0 Å². The molecular formula is C16H26N4O5S2. The van der Waals surface area contributed by atoms with Crippen molar-refractivity contribution in [1.82, 2.24) is 4.90 Å². The van der Waals surface area contributed by atoms with Crippen LogP contribution in [-0.4, -0.2) is 66.4 Å². The van der Waals surface area contributed by atoms with E-state index < -0.39 is 20.0 Å². The molecule has 0 bridgehead atoms. The van der Waals surface area contributed by atoms with Gasteiger partial charge in [0, 0.05) is 13.1 Å². The summed E-state index contributed by atoms with van der Waals surface area (Å²) in [6.07, 6.45) is 5.14. The van der Waals surface area contributed by atoms with Crippen LogP contribution in [0.5, 0.6) is 5.75 Å². The maximum absolute atomic E-state index is 11.8. The minimum absolute atomic E-state index is 0.0275. The number of guanidine groups is 1. The molecular weight excluding hydrogens is 392 g/mol. The molecule has 0 amide bonds. The summed E-state index contributed by atoms with van der Waals surface area (Å²) in [6.45, 7) is 2.54. The minimum atomic E-state index is -3.96. The van der Waals surface area contributed by atoms with Crippen molar-refractivity contribution < 1.29 is 21.6 Å². The van der Waals surface area contributed by atoms with E-state index in [2.05, 4.69) is 9.89 Å². The Kier molecular flexibility index (Phi) is 6.93. The fraction of sp³-hybridized carbons (Fsp3) is 0.562. The molecule has 1 heterocycles. The van der Waals surface area contributed by atoms with E-state index in [0.717, 1.165) is 38.4 Å². The topological polar surface area (TPSA) is 122 Å². The van der Waals surface area contributed by atoms with Crippen LogP contribution >= 0.6 is 0 Å². The quantitative estimate of drug-likeness (QED) is 0.391. The molecule has 11 heteroatoms. The van der Waals surface area contributed by atoms with Crippen LogP contribution in [0.15, 0.2) is 29.3 Å². The molecule has 1 fully saturated rings. The van der Waals surface area contributed by atoms with Crippen LogP contribution in [0, 0.1) is 0 Å². The van der Waals surface area contributed by atoms with Gasteiger partial charge in [-0.05, 0) is 43.5 Å². The number of nitrogens with two attached hydrogens (primary N) is 1. The fourth-order valence-corrected chi connectivity index (χ4v) is 5.82. The second-order valence-corrected chi connectivity index (χ2v) is 10.2. The number of benzene rings is 1. The maximum Gasteiger partial charge on any atom is 0.245 e. The normalized spacial score (nSPS) is 16.2. The predicted octanol–water partition coefficient (Wildman–Crippen LogP) is 0.592. The van der Waals surface area contributed by atoms with Crippen molar-refractivity contribution in [2.75, 3.05) is 42.5 Å². The van der Waals surface area contributed by atoms with E-state index in [1.807, 2.05) is 0 Å². The number of likely N-dealkylation sites (tertiary alicyclic amines) is 1. The third-order valence-corrected chi connectivity index (χ3v) is 7.22. The minimum Gasteiger partial charge on any atom is -0.492 e. The van der Waals surface area contributed by atoms with Gasteiger partial charge in [0.1, 0.15) is 12.4 Å². The second kappa shape index (κ2) is 8.79. The molecule has 2 rings (SSSR count). The third kappa shape index (κ3) is 6.28. The van der Waals surface area contributed by atoms with Crippen LogP contribution in [0.4, 0.5) is 5.69 Å². The number of nitrogens with zero attached hydrogens (tertiary/aromatic N) is 3. The summed E-state index contributed by atoms with van der Waals surface area (Å²) in [6, 6.07) is 5.78. The summed E-state index contributed by atoms with van der Waals surface area (Å²) in [5, 5.41) is 0. The molecule has 0 saturated carbocycles. The highest BCUT2D eigenvalue weighted by Gasteiger charge is 2.27. The van der Waals surface area contributed by atoms with Crippen molar-refractivity contribution in [2.45, 2.75) is 19.3 Å². The molecule has 0 spiro atoms. The van der Waals surface area contributed by atoms with Gasteiger partial charge in [-0.1, -0.05) is 0 Å². The highest BCUT2D eigenvalue weighted by atomic mass is 32.3. The number of piperidine rings is 1. The molecule has 0 radical (unpaired) electrons. The van der Waals surface area contributed by atoms with Crippen LogP contribution in [0.2, 0.25) is 0 Å². The zero-order valence-corrected chi connectivity index (χ0v) is 17.2. The average Bonchev–Trinajstić information content (AvgIpc) is 2.58. The molecule has 1 aliphatic heterocycles. The maximum atomic E-state index is 11.8. The summed E-state index contributed by atoms with van der Waals surface area (Å²) >= 11 is 0. The van der Waals surface area contributed by atoms with Crippen LogP contribution in [0.3, 0.4) is 0 Å². The third-order valence-electron chi connectivity index (χ3n) is 3.96. The smallest absolute Gasteiger partial charge is 0.245 e. The Balaban J connectivity index is 1.94. The van der Waals surface area contributed by atoms with E-state index in [4.69, 9.17) is 10.5 Å². The van der Waals surface area contributed by atoms with Gasteiger partial charge in [0.05, 0.1) is 24.7 Å². The molecule has 1 aliphatic rings. The highest BCUT2D eigenvalue weighted by molar-refractivity contribution is 8.09. The standard InChI is InChI=1S/C16H26N4O5S2/c1-26(21,22)20(27(2,23)24)14-6-8-15(9-7-14)25-13-10-18-16(17)19-11-4-3-5-12-19/h6-9H,3-5,10-13H2,1-2H3,(H2,17,18). The van der Waals surface area contributed by atoms with Gasteiger partial charge in [-0.2, -0.15) is 3.71 Å². The van der Waals surface area contributed by atoms with E-state index >= 15 is 0 Å². The van der Waals surface area contributed by atoms with Crippen molar-refractivity contribution in [3.8, 4) is 5.75 Å². The van der Waals surface area contributed by atoms with Crippen molar-refractivity contribution in [3.05, 3.63) is 24.3 Å². The van der Waals surface area contributed by atoms with E-state index in [1.165, 1.54) is 30.7 Å². The lowest BCUT2D eigenvalue weighted by atomic mass is 10.1. The van der Waals surface area contributed by atoms with Crippen molar-refractivity contribution in [1.29, 1.82) is 0 Å². The zero-order chi connectivity index (χ0) is 20.1. The van der Waals surface area contributed by atoms with E-state index in [1.54, 1.807) is 0 Å². The number of hydrogen-bond donors (Lipinski definition) is 1. The molecule has 9 nitrogen and oxygen atoms in total. The van der Waals surface area contributed by atoms with Gasteiger partial charge in [0.25, 0.3) is 0 Å². The van der Waals surface area contributed by atoms with Gasteiger partial charge in [-0.3, -0.25) is 0 Å². The summed E-state index contributed by atoms with van der Waals surface area (Å²) in [7, 11) is -7.92. The Bertz CT molecular complexity index is 829. The van der Waals surface area contributed by atoms with Crippen LogP contribution in [0.1, 0.15) is 19.3 Å². The molecule has 0 aromatic heterocycles. The lowest BCUT2D eigenvalue weighted by molar-refractivity contribution is 0.321. The van der Waals surface area contributed by atoms with Gasteiger partial charge in [-0.25, -0.2) is 21.8 Å². The second-order valence-electron chi connectivity index (χ2n) is 6.35. The van der Waals surface area contributed by atoms with Gasteiger partial charge < -0.3 is 15.4 Å². The molecule has 152 valence electrons. The number of ether oxygens (including phenoxy) is 1. The number of sulfonamides is 2. The molecule has 1 aromatic carbocycles. The van der Waals surface area contributed by atoms with Gasteiger partial charge in [-0.15, -0.1) is 0 Å². The van der Waals surface area contributed by atoms with Crippen molar-refractivity contribution >= 4 is 31.7 Å². The van der Waals surface area contributed by atoms with Crippen molar-refractivity contribution in [2.24, 2.45) is 10.7 Å². The summed E-state index contributed by atoms with van der Waals surface area (Å²) in [4.78, 5) is 6.36. The first-order valence-electron chi connectivity index (χ1n) is 8.57. The lowest BCUT2D eigenvalue weighted by Gasteiger charge is -2.27. The molecule has 0 atom stereocenters. The molecule has 27 heavy (non-hydrogen) atoms. The zero-order valence-electron chi connectivity index (χ0n) is 15.5. The molecule has 2 N–H and O–H groups in total. The first-order chi connectivity index (χ1) is 12.6. The lowest BCUT2D eigenvalue weighted by Crippen LogP contribution is -2.41. The molecule has 1 saturated heterocycles. The van der Waals surface area contributed by atoms with E-state index in [9.17, 15) is 16.8 Å². The largest absolute Gasteiger partial charge is 0.492 e. The Morgan fingerprint density at radius 1 is 1.07 bits per heavy atom. The number of aliphatic imine (C=N–C) groups is 1. The average molecular weight is 419 g/mol. The summed E-state index contributed by atoms with van der Waals surface area (Å²) in [5.41, 5.74) is 5.99. The Labute approximate surface area is 160 Å². The summed E-state index contributed by atoms with van der Waals surface area (Å²) < 4.78 is 52.9. The Hall–Kier alpha value is -2.01. The predicted molar refractivity (Wildman–Crippen MR) is 106 cm³/mol. The monoisotopic (exact) mass is 418 g/mol. The van der Waals surface area contributed by atoms with Crippen molar-refractivity contribution in [3.63, 3.8) is 0 Å². The first kappa shape index (κ1) is 21.3. The van der Waals surface area contributed by atoms with Gasteiger partial charge >= 0.3 is 0 Å². The van der Waals surface area contributed by atoms with E-state index in [-0.39, 0.29) is 5.69 Å². The highest BCUT2D eigenvalue weighted by Crippen LogP contribution is 2.24. The number of rotatable bonds is 7. The molecule has 0 unspecified atom stereocenters. The van der Waals surface area contributed by atoms with Gasteiger partial charge in [0.15, 0.2) is 5.96 Å².